The van der Waals surface area contributed by atoms with Crippen LogP contribution >= 0.6 is 0 Å². The highest BCUT2D eigenvalue weighted by Gasteiger charge is 2.14. The van der Waals surface area contributed by atoms with E-state index < -0.39 is 11.8 Å². The minimum Gasteiger partial charge on any atom is -0.504 e. The van der Waals surface area contributed by atoms with Gasteiger partial charge in [0, 0.05) is 27.2 Å². The predicted molar refractivity (Wildman–Crippen MR) is 107 cm³/mol. The van der Waals surface area contributed by atoms with Crippen molar-refractivity contribution in [2.24, 2.45) is 14.1 Å². The number of aryl methyl sites for hydroxylation is 2. The Hall–Kier alpha value is -3.11. The molecule has 3 rings (SSSR count). The number of nitrogens with one attached hydrogen (secondary N) is 1. The van der Waals surface area contributed by atoms with Crippen molar-refractivity contribution in [1.82, 2.24) is 24.0 Å². The monoisotopic (exact) mass is 403 g/mol. The van der Waals surface area contributed by atoms with E-state index in [4.69, 9.17) is 0 Å². The van der Waals surface area contributed by atoms with Gasteiger partial charge in [0.1, 0.15) is 0 Å². The Morgan fingerprint density at radius 2 is 1.86 bits per heavy atom. The van der Waals surface area contributed by atoms with E-state index >= 15 is 0 Å². The minimum absolute atomic E-state index is 0.226. The molecule has 0 aliphatic heterocycles. The number of aliphatic hydroxyl groups excluding tert-OH is 1. The van der Waals surface area contributed by atoms with Crippen LogP contribution in [0.5, 0.6) is 11.5 Å². The Kier molecular flexibility index (Phi) is 6.04. The van der Waals surface area contributed by atoms with E-state index in [0.29, 0.717) is 36.4 Å². The molecule has 0 fully saturated rings. The number of nitrogens with zero attached hydrogens (tertiary/aromatic N) is 4. The summed E-state index contributed by atoms with van der Waals surface area (Å²) >= 11 is 0. The number of imidazole rings is 1. The van der Waals surface area contributed by atoms with Crippen molar-refractivity contribution in [3.05, 3.63) is 50.9 Å². The molecule has 10 heteroatoms. The molecule has 2 aromatic heterocycles. The molecule has 0 saturated carbocycles. The first-order chi connectivity index (χ1) is 13.8. The number of phenolic OH excluding ortho intramolecular Hbond substituents is 2. The van der Waals surface area contributed by atoms with Gasteiger partial charge in [-0.15, -0.1) is 0 Å². The van der Waals surface area contributed by atoms with Gasteiger partial charge in [-0.05, 0) is 37.1 Å². The second-order valence-electron chi connectivity index (χ2n) is 6.99. The van der Waals surface area contributed by atoms with Gasteiger partial charge in [-0.3, -0.25) is 13.9 Å². The Morgan fingerprint density at radius 1 is 1.10 bits per heavy atom. The highest BCUT2D eigenvalue weighted by Crippen LogP contribution is 2.27. The lowest BCUT2D eigenvalue weighted by Crippen LogP contribution is -2.37. The van der Waals surface area contributed by atoms with E-state index in [-0.39, 0.29) is 17.1 Å². The number of rotatable bonds is 8. The Labute approximate surface area is 166 Å². The third-order valence-electron chi connectivity index (χ3n) is 4.94. The van der Waals surface area contributed by atoms with E-state index in [1.54, 1.807) is 24.0 Å². The van der Waals surface area contributed by atoms with Gasteiger partial charge in [0.2, 0.25) is 0 Å². The average molecular weight is 403 g/mol. The lowest BCUT2D eigenvalue weighted by molar-refractivity contribution is 0.174. The van der Waals surface area contributed by atoms with Gasteiger partial charge < -0.3 is 25.2 Å². The highest BCUT2D eigenvalue weighted by molar-refractivity contribution is 5.69. The van der Waals surface area contributed by atoms with E-state index in [9.17, 15) is 24.9 Å². The molecule has 1 aromatic carbocycles. The summed E-state index contributed by atoms with van der Waals surface area (Å²) in [6.45, 7) is 1.55. The summed E-state index contributed by atoms with van der Waals surface area (Å²) in [6, 6.07) is 4.22. The summed E-state index contributed by atoms with van der Waals surface area (Å²) in [7, 11) is 3.04. The fourth-order valence-corrected chi connectivity index (χ4v) is 3.20. The van der Waals surface area contributed by atoms with Gasteiger partial charge in [0.15, 0.2) is 22.7 Å². The lowest BCUT2D eigenvalue weighted by Gasteiger charge is -2.13. The number of benzene rings is 1. The topological polar surface area (TPSA) is 135 Å². The summed E-state index contributed by atoms with van der Waals surface area (Å²) in [5.74, 6) is -0.492. The fourth-order valence-electron chi connectivity index (χ4n) is 3.20. The van der Waals surface area contributed by atoms with Gasteiger partial charge in [-0.1, -0.05) is 6.07 Å². The van der Waals surface area contributed by atoms with Gasteiger partial charge in [-0.25, -0.2) is 9.78 Å². The molecule has 3 aromatic rings. The summed E-state index contributed by atoms with van der Waals surface area (Å²) in [5.41, 5.74) is 0.525. The SMILES string of the molecule is Cn1c(=O)c2c(ncn2CCCCNCC(O)c2ccc(O)c(O)c2)n(C)c1=O. The molecule has 0 radical (unpaired) electrons. The normalized spacial score (nSPS) is 12.5. The van der Waals surface area contributed by atoms with Crippen molar-refractivity contribution in [3.63, 3.8) is 0 Å². The number of unbranched alkanes of at least 4 members (excludes halogenated alkanes) is 1. The van der Waals surface area contributed by atoms with Crippen LogP contribution in [0, 0.1) is 0 Å². The van der Waals surface area contributed by atoms with Crippen LogP contribution in [0.25, 0.3) is 11.2 Å². The molecule has 156 valence electrons. The summed E-state index contributed by atoms with van der Waals surface area (Å²) in [6.07, 6.45) is 2.35. The van der Waals surface area contributed by atoms with Gasteiger partial charge in [0.25, 0.3) is 5.56 Å². The first-order valence-electron chi connectivity index (χ1n) is 9.32. The molecule has 0 spiro atoms. The zero-order chi connectivity index (χ0) is 21.1. The van der Waals surface area contributed by atoms with Crippen molar-refractivity contribution in [3.8, 4) is 11.5 Å². The Bertz CT molecular complexity index is 1130. The number of aliphatic hydroxyl groups is 1. The van der Waals surface area contributed by atoms with E-state index in [2.05, 4.69) is 10.3 Å². The first-order valence-corrected chi connectivity index (χ1v) is 9.32. The molecule has 0 amide bonds. The van der Waals surface area contributed by atoms with Crippen LogP contribution in [-0.2, 0) is 20.6 Å². The molecule has 1 atom stereocenters. The maximum absolute atomic E-state index is 12.4. The van der Waals surface area contributed by atoms with Crippen molar-refractivity contribution < 1.29 is 15.3 Å². The van der Waals surface area contributed by atoms with Crippen molar-refractivity contribution in [2.45, 2.75) is 25.5 Å². The highest BCUT2D eigenvalue weighted by atomic mass is 16.3. The van der Waals surface area contributed by atoms with Crippen LogP contribution in [0.15, 0.2) is 34.1 Å². The molecular formula is C19H25N5O5. The summed E-state index contributed by atoms with van der Waals surface area (Å²) in [5, 5.41) is 32.1. The minimum atomic E-state index is -0.802. The maximum Gasteiger partial charge on any atom is 0.332 e. The van der Waals surface area contributed by atoms with E-state index in [1.165, 1.54) is 23.7 Å². The van der Waals surface area contributed by atoms with Crippen LogP contribution in [-0.4, -0.2) is 47.1 Å². The van der Waals surface area contributed by atoms with Gasteiger partial charge in [-0.2, -0.15) is 0 Å². The molecule has 29 heavy (non-hydrogen) atoms. The maximum atomic E-state index is 12.4. The molecule has 1 unspecified atom stereocenters. The largest absolute Gasteiger partial charge is 0.504 e. The average Bonchev–Trinajstić information content (AvgIpc) is 3.13. The lowest BCUT2D eigenvalue weighted by atomic mass is 10.1. The molecule has 0 bridgehead atoms. The van der Waals surface area contributed by atoms with Crippen molar-refractivity contribution in [2.75, 3.05) is 13.1 Å². The molecule has 0 aliphatic rings. The number of fused-ring (bicyclic) bond motifs is 1. The second kappa shape index (κ2) is 8.50. The molecule has 4 N–H and O–H groups in total. The number of aromatic nitrogens is 4. The Balaban J connectivity index is 1.51. The zero-order valence-corrected chi connectivity index (χ0v) is 16.4. The number of hydrogen-bond acceptors (Lipinski definition) is 7. The summed E-state index contributed by atoms with van der Waals surface area (Å²) in [4.78, 5) is 28.5. The molecule has 10 nitrogen and oxygen atoms in total. The first kappa shape index (κ1) is 20.6. The van der Waals surface area contributed by atoms with Crippen LogP contribution in [0.1, 0.15) is 24.5 Å². The third-order valence-corrected chi connectivity index (χ3v) is 4.94. The van der Waals surface area contributed by atoms with Crippen LogP contribution in [0.3, 0.4) is 0 Å². The van der Waals surface area contributed by atoms with E-state index in [0.717, 1.165) is 17.4 Å². The van der Waals surface area contributed by atoms with Gasteiger partial charge >= 0.3 is 5.69 Å². The Morgan fingerprint density at radius 3 is 2.59 bits per heavy atom. The molecule has 0 saturated heterocycles. The van der Waals surface area contributed by atoms with Crippen LogP contribution in [0.4, 0.5) is 0 Å². The number of phenols is 2. The number of hydrogen-bond donors (Lipinski definition) is 4. The standard InChI is InChI=1S/C19H25N5O5/c1-22-17-16(18(28)23(2)19(22)29)24(11-21-17)8-4-3-7-20-10-15(27)12-5-6-13(25)14(26)9-12/h5-6,9,11,15,20,25-27H,3-4,7-8,10H2,1-2H3. The predicted octanol–water partition coefficient (Wildman–Crippen LogP) is -0.0517. The number of aromatic hydroxyl groups is 2. The zero-order valence-electron chi connectivity index (χ0n) is 16.4. The smallest absolute Gasteiger partial charge is 0.332 e. The van der Waals surface area contributed by atoms with E-state index in [1.807, 2.05) is 0 Å². The molecule has 0 aliphatic carbocycles. The second-order valence-corrected chi connectivity index (χ2v) is 6.99. The van der Waals surface area contributed by atoms with Crippen molar-refractivity contribution >= 4 is 11.2 Å². The summed E-state index contributed by atoms with van der Waals surface area (Å²) < 4.78 is 4.19. The third kappa shape index (κ3) is 4.17. The molecular weight excluding hydrogens is 378 g/mol. The molecule has 2 heterocycles. The fraction of sp³-hybridized carbons (Fsp3) is 0.421. The van der Waals surface area contributed by atoms with Gasteiger partial charge in [0.05, 0.1) is 12.4 Å². The van der Waals surface area contributed by atoms with Crippen LogP contribution < -0.4 is 16.6 Å². The van der Waals surface area contributed by atoms with Crippen LogP contribution in [0.2, 0.25) is 0 Å². The van der Waals surface area contributed by atoms with Crippen molar-refractivity contribution in [1.29, 1.82) is 0 Å². The quantitative estimate of drug-likeness (QED) is 0.306.